The van der Waals surface area contributed by atoms with Crippen LogP contribution in [0.15, 0.2) is 57.5 Å². The van der Waals surface area contributed by atoms with Gasteiger partial charge in [0.1, 0.15) is 11.4 Å². The van der Waals surface area contributed by atoms with E-state index in [4.69, 9.17) is 4.52 Å². The number of hydrogen-bond acceptors (Lipinski definition) is 5. The highest BCUT2D eigenvalue weighted by molar-refractivity contribution is 9.10. The van der Waals surface area contributed by atoms with E-state index >= 15 is 0 Å². The second-order valence-corrected chi connectivity index (χ2v) is 8.94. The summed E-state index contributed by atoms with van der Waals surface area (Å²) in [5.74, 6) is 0.664. The van der Waals surface area contributed by atoms with Crippen molar-refractivity contribution in [1.29, 1.82) is 0 Å². The van der Waals surface area contributed by atoms with Crippen LogP contribution in [0.3, 0.4) is 0 Å². The predicted octanol–water partition coefficient (Wildman–Crippen LogP) is 4.42. The Labute approximate surface area is 188 Å². The number of nitrogens with one attached hydrogen (secondary N) is 1. The Kier molecular flexibility index (Phi) is 5.11. The zero-order chi connectivity index (χ0) is 21.5. The third-order valence-corrected chi connectivity index (χ3v) is 6.28. The first kappa shape index (κ1) is 20.0. The van der Waals surface area contributed by atoms with Crippen LogP contribution < -0.4 is 0 Å². The molecule has 1 aliphatic heterocycles. The Morgan fingerprint density at radius 2 is 1.97 bits per heavy atom. The summed E-state index contributed by atoms with van der Waals surface area (Å²) >= 11 is 3.47. The van der Waals surface area contributed by atoms with Crippen molar-refractivity contribution < 1.29 is 9.32 Å². The SMILES string of the molecule is C[C@H]1CN(C)CCN1C(=O)c1ccc(-c2cc(-c3n[nH]c4cc(Br)ccc34)on2)cc1. The van der Waals surface area contributed by atoms with Crippen LogP contribution in [0.2, 0.25) is 0 Å². The maximum Gasteiger partial charge on any atom is 0.254 e. The summed E-state index contributed by atoms with van der Waals surface area (Å²) < 4.78 is 6.56. The number of amides is 1. The van der Waals surface area contributed by atoms with Crippen molar-refractivity contribution in [2.24, 2.45) is 0 Å². The number of carbonyl (C=O) groups is 1. The molecule has 3 heterocycles. The van der Waals surface area contributed by atoms with E-state index in [9.17, 15) is 4.79 Å². The maximum absolute atomic E-state index is 12.9. The van der Waals surface area contributed by atoms with E-state index in [-0.39, 0.29) is 11.9 Å². The normalized spacial score (nSPS) is 17.4. The lowest BCUT2D eigenvalue weighted by atomic mass is 10.1. The lowest BCUT2D eigenvalue weighted by molar-refractivity contribution is 0.0533. The minimum Gasteiger partial charge on any atom is -0.354 e. The van der Waals surface area contributed by atoms with Crippen LogP contribution in [0.4, 0.5) is 0 Å². The van der Waals surface area contributed by atoms with Gasteiger partial charge in [0.05, 0.1) is 5.52 Å². The van der Waals surface area contributed by atoms with Crippen LogP contribution >= 0.6 is 15.9 Å². The molecule has 2 aromatic carbocycles. The maximum atomic E-state index is 12.9. The van der Waals surface area contributed by atoms with Crippen molar-refractivity contribution in [3.63, 3.8) is 0 Å². The van der Waals surface area contributed by atoms with E-state index in [2.05, 4.69) is 50.2 Å². The van der Waals surface area contributed by atoms with Gasteiger partial charge in [0.25, 0.3) is 5.91 Å². The molecule has 1 amide bonds. The second-order valence-electron chi connectivity index (χ2n) is 8.03. The van der Waals surface area contributed by atoms with Crippen LogP contribution in [0.1, 0.15) is 17.3 Å². The molecule has 7 nitrogen and oxygen atoms in total. The summed E-state index contributed by atoms with van der Waals surface area (Å²) in [4.78, 5) is 17.1. The molecule has 0 bridgehead atoms. The number of aromatic amines is 1. The first-order valence-electron chi connectivity index (χ1n) is 10.2. The highest BCUT2D eigenvalue weighted by Gasteiger charge is 2.26. The van der Waals surface area contributed by atoms with Gasteiger partial charge in [-0.05, 0) is 44.3 Å². The van der Waals surface area contributed by atoms with Crippen LogP contribution in [-0.4, -0.2) is 63.8 Å². The Morgan fingerprint density at radius 1 is 1.16 bits per heavy atom. The average Bonchev–Trinajstić information content (AvgIpc) is 3.40. The molecule has 5 rings (SSSR count). The molecule has 0 spiro atoms. The second kappa shape index (κ2) is 7.94. The van der Waals surface area contributed by atoms with Gasteiger partial charge in [0.15, 0.2) is 5.76 Å². The Hall–Kier alpha value is -2.97. The molecule has 0 saturated carbocycles. The molecule has 31 heavy (non-hydrogen) atoms. The molecule has 1 fully saturated rings. The molecule has 1 atom stereocenters. The third-order valence-electron chi connectivity index (χ3n) is 5.79. The number of rotatable bonds is 3. The Balaban J connectivity index is 1.37. The van der Waals surface area contributed by atoms with E-state index in [1.54, 1.807) is 0 Å². The smallest absolute Gasteiger partial charge is 0.254 e. The standard InChI is InChI=1S/C23H22BrN5O2/c1-14-13-28(2)9-10-29(14)23(30)16-5-3-15(4-6-16)19-12-21(31-27-19)22-18-8-7-17(24)11-20(18)25-26-22/h3-8,11-12,14H,9-10,13H2,1-2H3,(H,25,26)/t14-/m0/s1. The average molecular weight is 480 g/mol. The van der Waals surface area contributed by atoms with Gasteiger partial charge in [-0.1, -0.05) is 33.2 Å². The van der Waals surface area contributed by atoms with Gasteiger partial charge in [0.2, 0.25) is 0 Å². The van der Waals surface area contributed by atoms with Gasteiger partial charge in [-0.15, -0.1) is 0 Å². The number of aromatic nitrogens is 3. The van der Waals surface area contributed by atoms with E-state index in [1.807, 2.05) is 53.4 Å². The van der Waals surface area contributed by atoms with E-state index in [0.29, 0.717) is 17.0 Å². The summed E-state index contributed by atoms with van der Waals surface area (Å²) in [6, 6.07) is 15.5. The zero-order valence-electron chi connectivity index (χ0n) is 17.3. The van der Waals surface area contributed by atoms with Crippen LogP contribution in [0, 0.1) is 0 Å². The molecule has 0 radical (unpaired) electrons. The molecule has 0 unspecified atom stereocenters. The molecule has 0 aliphatic carbocycles. The molecule has 2 aromatic heterocycles. The quantitative estimate of drug-likeness (QED) is 0.470. The minimum atomic E-state index is 0.0714. The van der Waals surface area contributed by atoms with Crippen molar-refractivity contribution in [3.8, 4) is 22.7 Å². The van der Waals surface area contributed by atoms with Crippen molar-refractivity contribution in [1.82, 2.24) is 25.2 Å². The number of likely N-dealkylation sites (N-methyl/N-ethyl adjacent to an activating group) is 1. The molecule has 1 aliphatic rings. The lowest BCUT2D eigenvalue weighted by Crippen LogP contribution is -2.52. The van der Waals surface area contributed by atoms with Crippen molar-refractivity contribution in [2.45, 2.75) is 13.0 Å². The number of nitrogens with zero attached hydrogens (tertiary/aromatic N) is 4. The lowest BCUT2D eigenvalue weighted by Gasteiger charge is -2.38. The molecule has 8 heteroatoms. The summed E-state index contributed by atoms with van der Waals surface area (Å²) in [6.07, 6.45) is 0. The van der Waals surface area contributed by atoms with Gasteiger partial charge in [0, 0.05) is 52.7 Å². The zero-order valence-corrected chi connectivity index (χ0v) is 18.9. The van der Waals surface area contributed by atoms with Crippen molar-refractivity contribution in [3.05, 3.63) is 58.6 Å². The summed E-state index contributed by atoms with van der Waals surface area (Å²) in [6.45, 7) is 4.63. The molecule has 1 saturated heterocycles. The topological polar surface area (TPSA) is 78.3 Å². The Morgan fingerprint density at radius 3 is 2.74 bits per heavy atom. The monoisotopic (exact) mass is 479 g/mol. The number of H-pyrrole nitrogens is 1. The largest absolute Gasteiger partial charge is 0.354 e. The van der Waals surface area contributed by atoms with Crippen molar-refractivity contribution >= 4 is 32.7 Å². The summed E-state index contributed by atoms with van der Waals surface area (Å²) in [5, 5.41) is 12.6. The third kappa shape index (κ3) is 3.77. The molecule has 4 aromatic rings. The number of hydrogen-bond donors (Lipinski definition) is 1. The van der Waals surface area contributed by atoms with E-state index in [1.165, 1.54) is 0 Å². The Bertz CT molecular complexity index is 1250. The van der Waals surface area contributed by atoms with E-state index < -0.39 is 0 Å². The first-order valence-corrected chi connectivity index (χ1v) is 11.0. The van der Waals surface area contributed by atoms with Gasteiger partial charge in [-0.25, -0.2) is 0 Å². The summed E-state index contributed by atoms with van der Waals surface area (Å²) in [5.41, 5.74) is 3.92. The van der Waals surface area contributed by atoms with Gasteiger partial charge >= 0.3 is 0 Å². The molecule has 1 N–H and O–H groups in total. The number of piperazine rings is 1. The fraction of sp³-hybridized carbons (Fsp3) is 0.261. The van der Waals surface area contributed by atoms with Gasteiger partial charge < -0.3 is 14.3 Å². The number of carbonyl (C=O) groups excluding carboxylic acids is 1. The number of halogens is 1. The molecular formula is C23H22BrN5O2. The van der Waals surface area contributed by atoms with Crippen molar-refractivity contribution in [2.75, 3.05) is 26.7 Å². The van der Waals surface area contributed by atoms with Crippen LogP contribution in [0.5, 0.6) is 0 Å². The number of fused-ring (bicyclic) bond motifs is 1. The van der Waals surface area contributed by atoms with Crippen LogP contribution in [0.25, 0.3) is 33.6 Å². The summed E-state index contributed by atoms with van der Waals surface area (Å²) in [7, 11) is 2.09. The van der Waals surface area contributed by atoms with Crippen LogP contribution in [-0.2, 0) is 0 Å². The van der Waals surface area contributed by atoms with Gasteiger partial charge in [-0.2, -0.15) is 5.10 Å². The minimum absolute atomic E-state index is 0.0714. The predicted molar refractivity (Wildman–Crippen MR) is 123 cm³/mol. The fourth-order valence-corrected chi connectivity index (χ4v) is 4.45. The molecular weight excluding hydrogens is 458 g/mol. The van der Waals surface area contributed by atoms with Gasteiger partial charge in [-0.3, -0.25) is 9.89 Å². The number of benzene rings is 2. The van der Waals surface area contributed by atoms with E-state index in [0.717, 1.165) is 46.3 Å². The highest BCUT2D eigenvalue weighted by atomic mass is 79.9. The fourth-order valence-electron chi connectivity index (χ4n) is 4.09. The first-order chi connectivity index (χ1) is 15.0. The molecule has 158 valence electrons. The highest BCUT2D eigenvalue weighted by Crippen LogP contribution is 2.31.